The lowest BCUT2D eigenvalue weighted by atomic mass is 10.1. The normalized spacial score (nSPS) is 22.8. The molecule has 0 aromatic carbocycles. The van der Waals surface area contributed by atoms with Crippen LogP contribution in [0.4, 0.5) is 0 Å². The topological polar surface area (TPSA) is 57.2 Å². The summed E-state index contributed by atoms with van der Waals surface area (Å²) in [6.07, 6.45) is 0.477. The van der Waals surface area contributed by atoms with E-state index in [1.807, 2.05) is 4.90 Å². The maximum Gasteiger partial charge on any atom is 0.224 e. The standard InChI is InChI=1S/C17H32N4O2S/c1-4-18-17(21-9-12-24-15(13-21)14(2)3)19-6-5-16(22)20-7-10-23-11-8-20/h14-15H,4-13H2,1-3H3,(H,18,19). The Bertz CT molecular complexity index is 425. The third kappa shape index (κ3) is 5.84. The number of hydrogen-bond donors (Lipinski definition) is 1. The van der Waals surface area contributed by atoms with Gasteiger partial charge in [-0.1, -0.05) is 13.8 Å². The molecule has 2 aliphatic heterocycles. The number of carbonyl (C=O) groups is 1. The highest BCUT2D eigenvalue weighted by Gasteiger charge is 2.25. The minimum Gasteiger partial charge on any atom is -0.378 e. The third-order valence-electron chi connectivity index (χ3n) is 4.42. The first kappa shape index (κ1) is 19.4. The van der Waals surface area contributed by atoms with Gasteiger partial charge in [0.25, 0.3) is 0 Å². The average Bonchev–Trinajstić information content (AvgIpc) is 2.61. The summed E-state index contributed by atoms with van der Waals surface area (Å²) in [5, 5.41) is 4.04. The van der Waals surface area contributed by atoms with E-state index in [0.29, 0.717) is 50.4 Å². The number of morpholine rings is 1. The van der Waals surface area contributed by atoms with Crippen molar-refractivity contribution in [3.8, 4) is 0 Å². The van der Waals surface area contributed by atoms with Crippen LogP contribution in [0.5, 0.6) is 0 Å². The van der Waals surface area contributed by atoms with Crippen molar-refractivity contribution in [3.63, 3.8) is 0 Å². The number of guanidine groups is 1. The zero-order valence-corrected chi connectivity index (χ0v) is 16.1. The molecule has 2 aliphatic rings. The van der Waals surface area contributed by atoms with Crippen LogP contribution in [-0.4, -0.2) is 85.2 Å². The molecule has 138 valence electrons. The van der Waals surface area contributed by atoms with Crippen molar-refractivity contribution in [1.82, 2.24) is 15.1 Å². The number of nitrogens with zero attached hydrogens (tertiary/aromatic N) is 3. The van der Waals surface area contributed by atoms with Crippen molar-refractivity contribution in [2.75, 3.05) is 58.2 Å². The van der Waals surface area contributed by atoms with E-state index in [1.165, 1.54) is 0 Å². The summed E-state index contributed by atoms with van der Waals surface area (Å²) in [7, 11) is 0. The third-order valence-corrected chi connectivity index (χ3v) is 5.96. The molecule has 2 fully saturated rings. The second-order valence-electron chi connectivity index (χ2n) is 6.58. The maximum atomic E-state index is 12.2. The first-order valence-corrected chi connectivity index (χ1v) is 10.2. The second-order valence-corrected chi connectivity index (χ2v) is 7.93. The molecule has 1 amide bonds. The van der Waals surface area contributed by atoms with Gasteiger partial charge in [0.1, 0.15) is 0 Å². The van der Waals surface area contributed by atoms with Crippen LogP contribution in [0.2, 0.25) is 0 Å². The summed E-state index contributed by atoms with van der Waals surface area (Å²) in [4.78, 5) is 21.2. The molecule has 0 radical (unpaired) electrons. The molecule has 1 N–H and O–H groups in total. The molecular formula is C17H32N4O2S. The van der Waals surface area contributed by atoms with Crippen LogP contribution in [0.3, 0.4) is 0 Å². The number of hydrogen-bond acceptors (Lipinski definition) is 4. The predicted molar refractivity (Wildman–Crippen MR) is 101 cm³/mol. The van der Waals surface area contributed by atoms with Gasteiger partial charge >= 0.3 is 0 Å². The molecule has 24 heavy (non-hydrogen) atoms. The van der Waals surface area contributed by atoms with Gasteiger partial charge in [0.05, 0.1) is 19.8 Å². The van der Waals surface area contributed by atoms with E-state index in [0.717, 1.165) is 31.3 Å². The summed E-state index contributed by atoms with van der Waals surface area (Å²) >= 11 is 2.06. The quantitative estimate of drug-likeness (QED) is 0.594. The summed E-state index contributed by atoms with van der Waals surface area (Å²) in [5.74, 6) is 2.95. The van der Waals surface area contributed by atoms with Crippen molar-refractivity contribution in [2.45, 2.75) is 32.4 Å². The van der Waals surface area contributed by atoms with Crippen molar-refractivity contribution in [1.29, 1.82) is 0 Å². The van der Waals surface area contributed by atoms with Crippen molar-refractivity contribution < 1.29 is 9.53 Å². The van der Waals surface area contributed by atoms with E-state index >= 15 is 0 Å². The van der Waals surface area contributed by atoms with Crippen LogP contribution < -0.4 is 5.32 Å². The van der Waals surface area contributed by atoms with Gasteiger partial charge in [-0.25, -0.2) is 0 Å². The average molecular weight is 357 g/mol. The fourth-order valence-electron chi connectivity index (χ4n) is 2.93. The van der Waals surface area contributed by atoms with Crippen molar-refractivity contribution in [2.24, 2.45) is 10.9 Å². The van der Waals surface area contributed by atoms with Crippen LogP contribution in [0.25, 0.3) is 0 Å². The van der Waals surface area contributed by atoms with Crippen LogP contribution >= 0.6 is 11.8 Å². The van der Waals surface area contributed by atoms with Gasteiger partial charge in [0, 0.05) is 50.1 Å². The molecule has 2 rings (SSSR count). The molecule has 0 bridgehead atoms. The van der Waals surface area contributed by atoms with Gasteiger partial charge in [0.2, 0.25) is 5.91 Å². The van der Waals surface area contributed by atoms with E-state index in [2.05, 4.69) is 42.7 Å². The fourth-order valence-corrected chi connectivity index (χ4v) is 4.22. The lowest BCUT2D eigenvalue weighted by molar-refractivity contribution is -0.135. The molecule has 0 saturated carbocycles. The Morgan fingerprint density at radius 1 is 1.29 bits per heavy atom. The molecule has 7 heteroatoms. The first-order chi connectivity index (χ1) is 11.6. The Hall–Kier alpha value is -0.950. The predicted octanol–water partition coefficient (Wildman–Crippen LogP) is 1.27. The zero-order valence-electron chi connectivity index (χ0n) is 15.3. The molecule has 0 aliphatic carbocycles. The van der Waals surface area contributed by atoms with Gasteiger partial charge in [-0.15, -0.1) is 0 Å². The van der Waals surface area contributed by atoms with E-state index in [4.69, 9.17) is 9.73 Å². The number of amides is 1. The second kappa shape index (κ2) is 10.1. The smallest absolute Gasteiger partial charge is 0.224 e. The number of aliphatic imine (C=N–C) groups is 1. The van der Waals surface area contributed by atoms with E-state index < -0.39 is 0 Å². The highest BCUT2D eigenvalue weighted by molar-refractivity contribution is 8.00. The Kier molecular flexibility index (Phi) is 8.18. The van der Waals surface area contributed by atoms with Gasteiger partial charge in [-0.2, -0.15) is 11.8 Å². The lowest BCUT2D eigenvalue weighted by Gasteiger charge is -2.36. The van der Waals surface area contributed by atoms with E-state index in [-0.39, 0.29) is 5.91 Å². The fraction of sp³-hybridized carbons (Fsp3) is 0.882. The van der Waals surface area contributed by atoms with Crippen LogP contribution in [0.15, 0.2) is 4.99 Å². The lowest BCUT2D eigenvalue weighted by Crippen LogP contribution is -2.49. The Morgan fingerprint density at radius 3 is 2.71 bits per heavy atom. The number of nitrogens with one attached hydrogen (secondary N) is 1. The van der Waals surface area contributed by atoms with Crippen LogP contribution in [-0.2, 0) is 9.53 Å². The number of carbonyl (C=O) groups excluding carboxylic acids is 1. The molecule has 2 saturated heterocycles. The van der Waals surface area contributed by atoms with E-state index in [9.17, 15) is 4.79 Å². The molecule has 0 aromatic rings. The monoisotopic (exact) mass is 356 g/mol. The zero-order chi connectivity index (χ0) is 17.4. The molecular weight excluding hydrogens is 324 g/mol. The van der Waals surface area contributed by atoms with Gasteiger partial charge in [0.15, 0.2) is 5.96 Å². The molecule has 1 unspecified atom stereocenters. The summed E-state index contributed by atoms with van der Waals surface area (Å²) < 4.78 is 5.29. The highest BCUT2D eigenvalue weighted by Crippen LogP contribution is 2.24. The minimum atomic E-state index is 0.187. The molecule has 2 heterocycles. The molecule has 1 atom stereocenters. The number of rotatable bonds is 5. The number of thioether (sulfide) groups is 1. The van der Waals surface area contributed by atoms with Gasteiger partial charge < -0.3 is 19.9 Å². The van der Waals surface area contributed by atoms with Gasteiger partial charge in [-0.05, 0) is 12.8 Å². The van der Waals surface area contributed by atoms with Crippen LogP contribution in [0.1, 0.15) is 27.2 Å². The summed E-state index contributed by atoms with van der Waals surface area (Å²) in [6, 6.07) is 0. The number of ether oxygens (including phenoxy) is 1. The molecule has 0 spiro atoms. The SMILES string of the molecule is CCNC(=NCCC(=O)N1CCOCC1)N1CCSC(C(C)C)C1. The largest absolute Gasteiger partial charge is 0.378 e. The molecule has 6 nitrogen and oxygen atoms in total. The maximum absolute atomic E-state index is 12.2. The van der Waals surface area contributed by atoms with Crippen molar-refractivity contribution in [3.05, 3.63) is 0 Å². The summed E-state index contributed by atoms with van der Waals surface area (Å²) in [6.45, 7) is 12.8. The molecule has 0 aromatic heterocycles. The highest BCUT2D eigenvalue weighted by atomic mass is 32.2. The van der Waals surface area contributed by atoms with Crippen LogP contribution in [0, 0.1) is 5.92 Å². The van der Waals surface area contributed by atoms with Gasteiger partial charge in [-0.3, -0.25) is 9.79 Å². The Labute approximate surface area is 150 Å². The van der Waals surface area contributed by atoms with Crippen molar-refractivity contribution >= 4 is 23.6 Å². The van der Waals surface area contributed by atoms with E-state index in [1.54, 1.807) is 0 Å². The summed E-state index contributed by atoms with van der Waals surface area (Å²) in [5.41, 5.74) is 0. The first-order valence-electron chi connectivity index (χ1n) is 9.12. The minimum absolute atomic E-state index is 0.187. The Balaban J connectivity index is 1.86. The Morgan fingerprint density at radius 2 is 2.04 bits per heavy atom.